The lowest BCUT2D eigenvalue weighted by Crippen LogP contribution is -2.27. The first kappa shape index (κ1) is 18.6. The Kier molecular flexibility index (Phi) is 5.34. The van der Waals surface area contributed by atoms with Crippen LogP contribution >= 0.6 is 11.3 Å². The summed E-state index contributed by atoms with van der Waals surface area (Å²) in [6.07, 6.45) is 2.08. The van der Waals surface area contributed by atoms with Gasteiger partial charge >= 0.3 is 0 Å². The molecule has 2 heterocycles. The van der Waals surface area contributed by atoms with Gasteiger partial charge in [-0.2, -0.15) is 0 Å². The van der Waals surface area contributed by atoms with Crippen molar-refractivity contribution >= 4 is 17.2 Å². The molecule has 0 spiro atoms. The predicted molar refractivity (Wildman–Crippen MR) is 103 cm³/mol. The van der Waals surface area contributed by atoms with Gasteiger partial charge < -0.3 is 9.64 Å². The molecule has 0 bridgehead atoms. The molecule has 1 aliphatic heterocycles. The van der Waals surface area contributed by atoms with Gasteiger partial charge in [0, 0.05) is 35.7 Å². The van der Waals surface area contributed by atoms with Crippen molar-refractivity contribution in [3.63, 3.8) is 0 Å². The average Bonchev–Trinajstić information content (AvgIpc) is 3.39. The number of benzene rings is 2. The molecule has 0 atom stereocenters. The summed E-state index contributed by atoms with van der Waals surface area (Å²) in [5, 5.41) is 2.50. The third-order valence-electron chi connectivity index (χ3n) is 4.61. The number of hydrogen-bond acceptors (Lipinski definition) is 4. The van der Waals surface area contributed by atoms with E-state index in [2.05, 4.69) is 4.98 Å². The third kappa shape index (κ3) is 4.04. The molecule has 0 aliphatic carbocycles. The molecular weight excluding hydrogens is 382 g/mol. The number of likely N-dealkylation sites (tertiary alicyclic amines) is 1. The number of thiazole rings is 1. The van der Waals surface area contributed by atoms with E-state index in [0.29, 0.717) is 11.4 Å². The van der Waals surface area contributed by atoms with Gasteiger partial charge in [-0.3, -0.25) is 4.79 Å². The van der Waals surface area contributed by atoms with Crippen LogP contribution in [-0.2, 0) is 6.61 Å². The Morgan fingerprint density at radius 1 is 1.14 bits per heavy atom. The van der Waals surface area contributed by atoms with Crippen LogP contribution in [0.5, 0.6) is 5.75 Å². The molecule has 2 aromatic carbocycles. The van der Waals surface area contributed by atoms with Crippen LogP contribution in [0.15, 0.2) is 47.8 Å². The highest BCUT2D eigenvalue weighted by Gasteiger charge is 2.22. The van der Waals surface area contributed by atoms with Crippen LogP contribution in [0, 0.1) is 11.6 Å². The fraction of sp³-hybridized carbons (Fsp3) is 0.238. The fourth-order valence-corrected chi connectivity index (χ4v) is 3.90. The zero-order chi connectivity index (χ0) is 19.5. The van der Waals surface area contributed by atoms with Crippen molar-refractivity contribution in [3.8, 4) is 16.3 Å². The molecule has 4 rings (SSSR count). The van der Waals surface area contributed by atoms with Crippen LogP contribution in [0.3, 0.4) is 0 Å². The zero-order valence-corrected chi connectivity index (χ0v) is 15.8. The van der Waals surface area contributed by atoms with E-state index < -0.39 is 11.6 Å². The van der Waals surface area contributed by atoms with Gasteiger partial charge in [0.1, 0.15) is 34.7 Å². The topological polar surface area (TPSA) is 42.4 Å². The Labute approximate surface area is 165 Å². The average molecular weight is 400 g/mol. The number of hydrogen-bond donors (Lipinski definition) is 0. The Hall–Kier alpha value is -2.80. The molecule has 0 N–H and O–H groups in total. The normalized spacial score (nSPS) is 13.7. The van der Waals surface area contributed by atoms with Gasteiger partial charge in [0.05, 0.1) is 0 Å². The van der Waals surface area contributed by atoms with Gasteiger partial charge in [-0.1, -0.05) is 12.1 Å². The molecule has 1 fully saturated rings. The standard InChI is InChI=1S/C21H18F2N2O2S/c22-16-7-6-15(18(23)11-16)12-27-17-5-3-4-14(10-17)20-24-19(13-28-20)21(26)25-8-1-2-9-25/h3-7,10-11,13H,1-2,8-9,12H2. The second-order valence-corrected chi connectivity index (χ2v) is 7.45. The van der Waals surface area contributed by atoms with Gasteiger partial charge in [-0.25, -0.2) is 13.8 Å². The zero-order valence-electron chi connectivity index (χ0n) is 15.0. The lowest BCUT2D eigenvalue weighted by atomic mass is 10.2. The minimum atomic E-state index is -0.638. The number of ether oxygens (including phenoxy) is 1. The van der Waals surface area contributed by atoms with E-state index in [4.69, 9.17) is 4.74 Å². The van der Waals surface area contributed by atoms with Crippen molar-refractivity contribution in [3.05, 3.63) is 70.7 Å². The molecule has 0 unspecified atom stereocenters. The molecule has 1 saturated heterocycles. The molecule has 0 saturated carbocycles. The van der Waals surface area contributed by atoms with Crippen molar-refractivity contribution < 1.29 is 18.3 Å². The summed E-state index contributed by atoms with van der Waals surface area (Å²) in [7, 11) is 0. The highest BCUT2D eigenvalue weighted by atomic mass is 32.1. The third-order valence-corrected chi connectivity index (χ3v) is 5.50. The summed E-state index contributed by atoms with van der Waals surface area (Å²) in [6.45, 7) is 1.57. The van der Waals surface area contributed by atoms with Crippen LogP contribution in [0.25, 0.3) is 10.6 Å². The molecule has 28 heavy (non-hydrogen) atoms. The maximum atomic E-state index is 13.7. The smallest absolute Gasteiger partial charge is 0.273 e. The maximum absolute atomic E-state index is 13.7. The van der Waals surface area contributed by atoms with Crippen molar-refractivity contribution in [2.45, 2.75) is 19.4 Å². The van der Waals surface area contributed by atoms with Crippen LogP contribution in [0.4, 0.5) is 8.78 Å². The van der Waals surface area contributed by atoms with Crippen LogP contribution in [0.2, 0.25) is 0 Å². The molecule has 7 heteroatoms. The van der Waals surface area contributed by atoms with Crippen molar-refractivity contribution in [1.29, 1.82) is 0 Å². The van der Waals surface area contributed by atoms with Crippen LogP contribution in [-0.4, -0.2) is 28.9 Å². The predicted octanol–water partition coefficient (Wildman–Crippen LogP) is 4.90. The number of carbonyl (C=O) groups is 1. The van der Waals surface area contributed by atoms with Crippen molar-refractivity contribution in [1.82, 2.24) is 9.88 Å². The molecule has 4 nitrogen and oxygen atoms in total. The second-order valence-electron chi connectivity index (χ2n) is 6.59. The Morgan fingerprint density at radius 3 is 2.75 bits per heavy atom. The Bertz CT molecular complexity index is 1000. The van der Waals surface area contributed by atoms with Gasteiger partial charge in [0.15, 0.2) is 0 Å². The lowest BCUT2D eigenvalue weighted by molar-refractivity contribution is 0.0788. The maximum Gasteiger partial charge on any atom is 0.273 e. The summed E-state index contributed by atoms with van der Waals surface area (Å²) >= 11 is 1.40. The molecule has 1 aliphatic rings. The van der Waals surface area contributed by atoms with E-state index in [0.717, 1.165) is 42.6 Å². The monoisotopic (exact) mass is 400 g/mol. The van der Waals surface area contributed by atoms with Gasteiger partial charge in [0.25, 0.3) is 5.91 Å². The van der Waals surface area contributed by atoms with Gasteiger partial charge in [-0.15, -0.1) is 11.3 Å². The number of rotatable bonds is 5. The summed E-state index contributed by atoms with van der Waals surface area (Å²) < 4.78 is 32.4. The first-order valence-corrected chi connectivity index (χ1v) is 9.90. The van der Waals surface area contributed by atoms with Crippen LogP contribution in [0.1, 0.15) is 28.9 Å². The van der Waals surface area contributed by atoms with E-state index in [1.54, 1.807) is 17.5 Å². The van der Waals surface area contributed by atoms with Gasteiger partial charge in [-0.05, 0) is 37.1 Å². The van der Waals surface area contributed by atoms with Gasteiger partial charge in [0.2, 0.25) is 0 Å². The second kappa shape index (κ2) is 8.06. The van der Waals surface area contributed by atoms with Crippen molar-refractivity contribution in [2.24, 2.45) is 0 Å². The summed E-state index contributed by atoms with van der Waals surface area (Å²) in [4.78, 5) is 18.8. The summed E-state index contributed by atoms with van der Waals surface area (Å²) in [5.74, 6) is -0.740. The SMILES string of the molecule is O=C(c1csc(-c2cccc(OCc3ccc(F)cc3F)c2)n1)N1CCCC1. The molecule has 0 radical (unpaired) electrons. The van der Waals surface area contributed by atoms with E-state index in [-0.39, 0.29) is 18.1 Å². The largest absolute Gasteiger partial charge is 0.489 e. The lowest BCUT2D eigenvalue weighted by Gasteiger charge is -2.12. The molecule has 1 aromatic heterocycles. The van der Waals surface area contributed by atoms with E-state index >= 15 is 0 Å². The number of carbonyl (C=O) groups excluding carboxylic acids is 1. The molecule has 1 amide bonds. The highest BCUT2D eigenvalue weighted by molar-refractivity contribution is 7.13. The fourth-order valence-electron chi connectivity index (χ4n) is 3.11. The highest BCUT2D eigenvalue weighted by Crippen LogP contribution is 2.28. The minimum absolute atomic E-state index is 0.00781. The molecule has 144 valence electrons. The Morgan fingerprint density at radius 2 is 1.96 bits per heavy atom. The molecular formula is C21H18F2N2O2S. The van der Waals surface area contributed by atoms with E-state index in [1.165, 1.54) is 23.5 Å². The number of aromatic nitrogens is 1. The summed E-state index contributed by atoms with van der Waals surface area (Å²) in [5.41, 5.74) is 1.56. The first-order chi connectivity index (χ1) is 13.6. The summed E-state index contributed by atoms with van der Waals surface area (Å²) in [6, 6.07) is 10.7. The van der Waals surface area contributed by atoms with Crippen LogP contribution < -0.4 is 4.74 Å². The van der Waals surface area contributed by atoms with E-state index in [1.807, 2.05) is 17.0 Å². The number of nitrogens with zero attached hydrogens (tertiary/aromatic N) is 2. The minimum Gasteiger partial charge on any atom is -0.489 e. The quantitative estimate of drug-likeness (QED) is 0.612. The van der Waals surface area contributed by atoms with E-state index in [9.17, 15) is 13.6 Å². The first-order valence-electron chi connectivity index (χ1n) is 9.02. The van der Waals surface area contributed by atoms with Crippen molar-refractivity contribution in [2.75, 3.05) is 13.1 Å². The number of amides is 1. The number of halogens is 2. The Balaban J connectivity index is 1.47. The molecule has 3 aromatic rings.